The topological polar surface area (TPSA) is 111 Å². The summed E-state index contributed by atoms with van der Waals surface area (Å²) in [4.78, 5) is 58.0. The highest BCUT2D eigenvalue weighted by Gasteiger charge is 2.45. The minimum Gasteiger partial charge on any atom is -0.497 e. The molecule has 9 heteroatoms. The van der Waals surface area contributed by atoms with Gasteiger partial charge in [-0.15, -0.1) is 6.58 Å². The van der Waals surface area contributed by atoms with E-state index in [1.807, 2.05) is 26.0 Å². The molecule has 0 radical (unpaired) electrons. The molecule has 2 amide bonds. The molecular formula is C30H30N4O5. The van der Waals surface area contributed by atoms with Crippen LogP contribution in [0.2, 0.25) is 0 Å². The predicted molar refractivity (Wildman–Crippen MR) is 146 cm³/mol. The molecule has 2 aromatic heterocycles. The van der Waals surface area contributed by atoms with Crippen LogP contribution in [0.25, 0.3) is 10.9 Å². The minimum absolute atomic E-state index is 0.137. The SMILES string of the molecule is C=CCn1c(=O)c(C2CC(=O)N(NC(=O)c3ccncc3)C3=C2C(=O)CC(C)(C)C3)cc2cc(OC)ccc21. The molecule has 5 rings (SSSR count). The number of fused-ring (bicyclic) bond motifs is 1. The van der Waals surface area contributed by atoms with Crippen LogP contribution in [0.1, 0.15) is 54.9 Å². The first-order valence-electron chi connectivity index (χ1n) is 12.8. The molecule has 1 aromatic carbocycles. The lowest BCUT2D eigenvalue weighted by Gasteiger charge is -2.42. The fourth-order valence-electron chi connectivity index (χ4n) is 5.56. The maximum Gasteiger partial charge on any atom is 0.270 e. The highest BCUT2D eigenvalue weighted by Crippen LogP contribution is 2.46. The Morgan fingerprint density at radius 2 is 1.90 bits per heavy atom. The van der Waals surface area contributed by atoms with E-state index in [0.717, 1.165) is 5.39 Å². The molecule has 1 N–H and O–H groups in total. The van der Waals surface area contributed by atoms with E-state index in [1.54, 1.807) is 42.0 Å². The Labute approximate surface area is 225 Å². The lowest BCUT2D eigenvalue weighted by atomic mass is 9.69. The first kappa shape index (κ1) is 26.1. The van der Waals surface area contributed by atoms with Crippen molar-refractivity contribution in [2.45, 2.75) is 45.6 Å². The van der Waals surface area contributed by atoms with Crippen LogP contribution in [0.15, 0.2) is 77.5 Å². The maximum atomic E-state index is 13.8. The number of hydrogen-bond acceptors (Lipinski definition) is 6. The van der Waals surface area contributed by atoms with Gasteiger partial charge in [-0.3, -0.25) is 29.6 Å². The lowest BCUT2D eigenvalue weighted by molar-refractivity contribution is -0.134. The highest BCUT2D eigenvalue weighted by atomic mass is 16.5. The monoisotopic (exact) mass is 526 g/mol. The molecule has 200 valence electrons. The van der Waals surface area contributed by atoms with Gasteiger partial charge in [-0.1, -0.05) is 19.9 Å². The Hall–Kier alpha value is -4.53. The zero-order valence-corrected chi connectivity index (χ0v) is 22.2. The second-order valence-corrected chi connectivity index (χ2v) is 10.7. The number of amides is 2. The molecule has 3 aromatic rings. The Morgan fingerprint density at radius 1 is 1.15 bits per heavy atom. The summed E-state index contributed by atoms with van der Waals surface area (Å²) < 4.78 is 6.99. The molecular weight excluding hydrogens is 496 g/mol. The number of nitrogens with one attached hydrogen (secondary N) is 1. The summed E-state index contributed by atoms with van der Waals surface area (Å²) >= 11 is 0. The quantitative estimate of drug-likeness (QED) is 0.488. The maximum absolute atomic E-state index is 13.8. The van der Waals surface area contributed by atoms with Crippen LogP contribution in [0.5, 0.6) is 5.75 Å². The van der Waals surface area contributed by atoms with Crippen molar-refractivity contribution >= 4 is 28.5 Å². The number of rotatable bonds is 6. The van der Waals surface area contributed by atoms with Crippen molar-refractivity contribution in [3.63, 3.8) is 0 Å². The summed E-state index contributed by atoms with van der Waals surface area (Å²) in [6.45, 7) is 7.96. The molecule has 0 bridgehead atoms. The molecule has 1 aliphatic carbocycles. The number of nitrogens with zero attached hydrogens (tertiary/aromatic N) is 3. The van der Waals surface area contributed by atoms with Crippen LogP contribution >= 0.6 is 0 Å². The Bertz CT molecular complexity index is 1600. The smallest absolute Gasteiger partial charge is 0.270 e. The van der Waals surface area contributed by atoms with E-state index < -0.39 is 23.1 Å². The number of Topliss-reactive ketones (excluding diaryl/α,β-unsaturated/α-hetero) is 1. The number of hydrazine groups is 1. The molecule has 0 fully saturated rings. The van der Waals surface area contributed by atoms with E-state index in [-0.39, 0.29) is 30.7 Å². The van der Waals surface area contributed by atoms with Crippen LogP contribution < -0.4 is 15.7 Å². The molecule has 1 unspecified atom stereocenters. The fourth-order valence-corrected chi connectivity index (χ4v) is 5.56. The van der Waals surface area contributed by atoms with Gasteiger partial charge in [0.05, 0.1) is 18.3 Å². The van der Waals surface area contributed by atoms with E-state index in [4.69, 9.17) is 4.74 Å². The van der Waals surface area contributed by atoms with Crippen molar-refractivity contribution in [1.82, 2.24) is 20.0 Å². The third kappa shape index (κ3) is 4.76. The normalized spacial score (nSPS) is 18.6. The molecule has 0 saturated heterocycles. The number of ketones is 1. The number of carbonyl (C=O) groups excluding carboxylic acids is 3. The third-order valence-corrected chi connectivity index (χ3v) is 7.31. The Morgan fingerprint density at radius 3 is 2.59 bits per heavy atom. The van der Waals surface area contributed by atoms with Gasteiger partial charge in [0.25, 0.3) is 11.5 Å². The average molecular weight is 527 g/mol. The number of carbonyl (C=O) groups is 3. The average Bonchev–Trinajstić information content (AvgIpc) is 2.91. The molecule has 9 nitrogen and oxygen atoms in total. The van der Waals surface area contributed by atoms with Gasteiger partial charge >= 0.3 is 0 Å². The molecule has 0 spiro atoms. The second-order valence-electron chi connectivity index (χ2n) is 10.7. The van der Waals surface area contributed by atoms with Gasteiger partial charge in [0.15, 0.2) is 5.78 Å². The molecule has 0 saturated carbocycles. The van der Waals surface area contributed by atoms with E-state index in [1.165, 1.54) is 17.4 Å². The summed E-state index contributed by atoms with van der Waals surface area (Å²) in [6.07, 6.45) is 5.13. The Kier molecular flexibility index (Phi) is 6.68. The van der Waals surface area contributed by atoms with Crippen molar-refractivity contribution in [3.8, 4) is 5.75 Å². The van der Waals surface area contributed by atoms with E-state index in [0.29, 0.717) is 40.1 Å². The third-order valence-electron chi connectivity index (χ3n) is 7.31. The molecule has 3 heterocycles. The fraction of sp³-hybridized carbons (Fsp3) is 0.300. The van der Waals surface area contributed by atoms with Crippen LogP contribution in [0.3, 0.4) is 0 Å². The van der Waals surface area contributed by atoms with Crippen LogP contribution in [-0.4, -0.2) is 39.3 Å². The van der Waals surface area contributed by atoms with Crippen molar-refractivity contribution in [3.05, 3.63) is 94.2 Å². The van der Waals surface area contributed by atoms with Crippen molar-refractivity contribution < 1.29 is 19.1 Å². The van der Waals surface area contributed by atoms with Gasteiger partial charge < -0.3 is 9.30 Å². The number of hydrogen-bond donors (Lipinski definition) is 1. The highest BCUT2D eigenvalue weighted by molar-refractivity contribution is 6.03. The van der Waals surface area contributed by atoms with Crippen molar-refractivity contribution in [1.29, 1.82) is 0 Å². The number of aromatic nitrogens is 2. The van der Waals surface area contributed by atoms with E-state index >= 15 is 0 Å². The first-order chi connectivity index (χ1) is 18.6. The van der Waals surface area contributed by atoms with Gasteiger partial charge in [0, 0.05) is 59.8 Å². The summed E-state index contributed by atoms with van der Waals surface area (Å²) in [6, 6.07) is 10.3. The predicted octanol–water partition coefficient (Wildman–Crippen LogP) is 3.90. The van der Waals surface area contributed by atoms with Crippen LogP contribution in [0.4, 0.5) is 0 Å². The molecule has 1 atom stereocenters. The lowest BCUT2D eigenvalue weighted by Crippen LogP contribution is -2.52. The number of methoxy groups -OCH3 is 1. The zero-order valence-electron chi connectivity index (χ0n) is 22.2. The summed E-state index contributed by atoms with van der Waals surface area (Å²) in [5, 5.41) is 1.96. The van der Waals surface area contributed by atoms with Crippen LogP contribution in [-0.2, 0) is 16.1 Å². The minimum atomic E-state index is -0.746. The summed E-state index contributed by atoms with van der Waals surface area (Å²) in [5.74, 6) is -1.14. The van der Waals surface area contributed by atoms with Crippen molar-refractivity contribution in [2.75, 3.05) is 7.11 Å². The first-order valence-corrected chi connectivity index (χ1v) is 12.8. The summed E-state index contributed by atoms with van der Waals surface area (Å²) in [7, 11) is 1.57. The number of ether oxygens (including phenoxy) is 1. The van der Waals surface area contributed by atoms with Gasteiger partial charge in [-0.2, -0.15) is 0 Å². The second kappa shape index (κ2) is 9.98. The van der Waals surface area contributed by atoms with Gasteiger partial charge in [0.2, 0.25) is 5.91 Å². The van der Waals surface area contributed by atoms with Gasteiger partial charge in [-0.05, 0) is 48.2 Å². The zero-order chi connectivity index (χ0) is 27.9. The molecule has 1 aliphatic heterocycles. The van der Waals surface area contributed by atoms with Gasteiger partial charge in [-0.25, -0.2) is 5.01 Å². The number of benzene rings is 1. The number of allylic oxidation sites excluding steroid dienone is 3. The standard InChI is InChI=1S/C30H30N4O5/c1-5-12-33-23-7-6-20(39-4)13-19(23)14-22(29(33)38)21-15-26(36)34(32-28(37)18-8-10-31-11-9-18)24-16-30(2,3)17-25(35)27(21)24/h5-11,13-14,21H,1,12,15-17H2,2-4H3,(H,32,37). The van der Waals surface area contributed by atoms with Crippen LogP contribution in [0, 0.1) is 5.41 Å². The Balaban J connectivity index is 1.68. The van der Waals surface area contributed by atoms with E-state index in [9.17, 15) is 19.2 Å². The van der Waals surface area contributed by atoms with Gasteiger partial charge in [0.1, 0.15) is 5.75 Å². The summed E-state index contributed by atoms with van der Waals surface area (Å²) in [5.41, 5.74) is 4.19. The van der Waals surface area contributed by atoms with E-state index in [2.05, 4.69) is 17.0 Å². The molecule has 39 heavy (non-hydrogen) atoms. The number of pyridine rings is 2. The van der Waals surface area contributed by atoms with Crippen molar-refractivity contribution in [2.24, 2.45) is 5.41 Å². The largest absolute Gasteiger partial charge is 0.497 e. The molecule has 2 aliphatic rings.